The van der Waals surface area contributed by atoms with Gasteiger partial charge in [-0.3, -0.25) is 5.01 Å². The van der Waals surface area contributed by atoms with Gasteiger partial charge in [-0.05, 0) is 37.3 Å². The zero-order valence-corrected chi connectivity index (χ0v) is 13.6. The molecular formula is C18H20ClN3. The van der Waals surface area contributed by atoms with Crippen LogP contribution in [-0.4, -0.2) is 19.3 Å². The molecule has 0 saturated carbocycles. The Balaban J connectivity index is 2.40. The minimum absolute atomic E-state index is 0.636. The molecule has 0 aliphatic heterocycles. The second-order valence-corrected chi connectivity index (χ2v) is 5.27. The molecule has 0 saturated heterocycles. The first-order valence-corrected chi connectivity index (χ1v) is 7.50. The molecular weight excluding hydrogens is 294 g/mol. The molecule has 3 nitrogen and oxygen atoms in total. The van der Waals surface area contributed by atoms with Gasteiger partial charge in [-0.15, -0.1) is 6.58 Å². The average molecular weight is 314 g/mol. The van der Waals surface area contributed by atoms with E-state index in [0.29, 0.717) is 11.6 Å². The Bertz CT molecular complexity index is 665. The van der Waals surface area contributed by atoms with Crippen LogP contribution in [0.25, 0.3) is 0 Å². The Morgan fingerprint density at radius 2 is 2.00 bits per heavy atom. The van der Waals surface area contributed by atoms with Gasteiger partial charge in [0.2, 0.25) is 0 Å². The van der Waals surface area contributed by atoms with Crippen LogP contribution in [0.4, 0.5) is 11.4 Å². The number of nitrogens with one attached hydrogen (secondary N) is 1. The van der Waals surface area contributed by atoms with Crippen molar-refractivity contribution in [3.05, 3.63) is 71.8 Å². The first kappa shape index (κ1) is 16.1. The number of halogens is 1. The molecule has 0 heterocycles. The summed E-state index contributed by atoms with van der Waals surface area (Å²) in [5.41, 5.74) is 3.89. The van der Waals surface area contributed by atoms with E-state index in [1.807, 2.05) is 73.6 Å². The second kappa shape index (κ2) is 7.66. The minimum atomic E-state index is 0.636. The van der Waals surface area contributed by atoms with Crippen molar-refractivity contribution >= 4 is 28.7 Å². The monoisotopic (exact) mass is 313 g/mol. The fraction of sp³-hybridized carbons (Fsp3) is 0.167. The summed E-state index contributed by atoms with van der Waals surface area (Å²) in [7, 11) is 1.89. The van der Waals surface area contributed by atoms with Gasteiger partial charge in [0.15, 0.2) is 0 Å². The molecule has 0 aliphatic carbocycles. The maximum atomic E-state index is 6.12. The van der Waals surface area contributed by atoms with Crippen molar-refractivity contribution in [2.75, 3.05) is 23.9 Å². The van der Waals surface area contributed by atoms with E-state index in [2.05, 4.69) is 11.9 Å². The summed E-state index contributed by atoms with van der Waals surface area (Å²) in [6.45, 7) is 6.42. The average Bonchev–Trinajstić information content (AvgIpc) is 2.55. The smallest absolute Gasteiger partial charge is 0.0672 e. The molecule has 0 amide bonds. The van der Waals surface area contributed by atoms with Crippen LogP contribution < -0.4 is 10.3 Å². The normalized spacial score (nSPS) is 11.1. The molecule has 22 heavy (non-hydrogen) atoms. The topological polar surface area (TPSA) is 27.6 Å². The van der Waals surface area contributed by atoms with Crippen molar-refractivity contribution in [2.24, 2.45) is 5.10 Å². The summed E-state index contributed by atoms with van der Waals surface area (Å²) in [6.07, 6.45) is 1.83. The van der Waals surface area contributed by atoms with Gasteiger partial charge in [-0.1, -0.05) is 35.9 Å². The molecule has 1 N–H and O–H groups in total. The molecule has 4 heteroatoms. The first-order valence-electron chi connectivity index (χ1n) is 7.12. The highest BCUT2D eigenvalue weighted by molar-refractivity contribution is 6.31. The Morgan fingerprint density at radius 3 is 2.64 bits per heavy atom. The van der Waals surface area contributed by atoms with Gasteiger partial charge in [0.1, 0.15) is 0 Å². The van der Waals surface area contributed by atoms with Crippen molar-refractivity contribution in [3.63, 3.8) is 0 Å². The van der Waals surface area contributed by atoms with E-state index >= 15 is 0 Å². The van der Waals surface area contributed by atoms with Gasteiger partial charge in [-0.2, -0.15) is 5.10 Å². The van der Waals surface area contributed by atoms with Crippen LogP contribution >= 0.6 is 11.6 Å². The molecule has 0 atom stereocenters. The molecule has 114 valence electrons. The van der Waals surface area contributed by atoms with Gasteiger partial charge in [0.05, 0.1) is 17.9 Å². The van der Waals surface area contributed by atoms with Gasteiger partial charge in [0, 0.05) is 23.3 Å². The van der Waals surface area contributed by atoms with Crippen LogP contribution in [0.5, 0.6) is 0 Å². The molecule has 2 aromatic carbocycles. The number of rotatable bonds is 6. The number of hydrazone groups is 1. The predicted molar refractivity (Wildman–Crippen MR) is 97.2 cm³/mol. The Labute approximate surface area is 136 Å². The van der Waals surface area contributed by atoms with E-state index in [1.54, 1.807) is 0 Å². The molecule has 0 unspecified atom stereocenters. The van der Waals surface area contributed by atoms with Crippen LogP contribution in [-0.2, 0) is 0 Å². The lowest BCUT2D eigenvalue weighted by molar-refractivity contribution is 0.940. The lowest BCUT2D eigenvalue weighted by atomic mass is 10.1. The van der Waals surface area contributed by atoms with Crippen molar-refractivity contribution < 1.29 is 0 Å². The van der Waals surface area contributed by atoms with Gasteiger partial charge in [0.25, 0.3) is 0 Å². The van der Waals surface area contributed by atoms with E-state index < -0.39 is 0 Å². The molecule has 2 rings (SSSR count). The molecule has 0 radical (unpaired) electrons. The quantitative estimate of drug-likeness (QED) is 0.471. The maximum Gasteiger partial charge on any atom is 0.0672 e. The molecule has 2 aromatic rings. The highest BCUT2D eigenvalue weighted by atomic mass is 35.5. The number of hydrogen-bond donors (Lipinski definition) is 1. The highest BCUT2D eigenvalue weighted by Gasteiger charge is 2.09. The third-order valence-electron chi connectivity index (χ3n) is 3.27. The number of hydrogen-bond acceptors (Lipinski definition) is 3. The summed E-state index contributed by atoms with van der Waals surface area (Å²) in [6, 6.07) is 15.8. The van der Waals surface area contributed by atoms with E-state index in [0.717, 1.165) is 22.6 Å². The van der Waals surface area contributed by atoms with Gasteiger partial charge >= 0.3 is 0 Å². The Kier molecular flexibility index (Phi) is 5.61. The van der Waals surface area contributed by atoms with Crippen molar-refractivity contribution in [2.45, 2.75) is 6.92 Å². The van der Waals surface area contributed by atoms with E-state index in [-0.39, 0.29) is 0 Å². The number of anilines is 2. The van der Waals surface area contributed by atoms with E-state index in [1.165, 1.54) is 0 Å². The molecule has 0 fully saturated rings. The van der Waals surface area contributed by atoms with Crippen molar-refractivity contribution in [1.29, 1.82) is 0 Å². The molecule has 0 bridgehead atoms. The third-order valence-corrected chi connectivity index (χ3v) is 3.50. The van der Waals surface area contributed by atoms with E-state index in [4.69, 9.17) is 16.7 Å². The number of nitrogens with zero attached hydrogens (tertiary/aromatic N) is 2. The maximum absolute atomic E-state index is 6.12. The summed E-state index contributed by atoms with van der Waals surface area (Å²) < 4.78 is 0. The van der Waals surface area contributed by atoms with Crippen LogP contribution in [0, 0.1) is 0 Å². The summed E-state index contributed by atoms with van der Waals surface area (Å²) in [4.78, 5) is 0. The van der Waals surface area contributed by atoms with E-state index in [9.17, 15) is 0 Å². The van der Waals surface area contributed by atoms with Crippen LogP contribution in [0.1, 0.15) is 12.5 Å². The first-order chi connectivity index (χ1) is 10.7. The van der Waals surface area contributed by atoms with Crippen LogP contribution in [0.2, 0.25) is 5.02 Å². The second-order valence-electron chi connectivity index (χ2n) is 4.83. The SMILES string of the molecule is C=CCN(/N=C(/C)c1cc(Cl)ccc1NC)c1ccccc1. The zero-order valence-electron chi connectivity index (χ0n) is 12.9. The summed E-state index contributed by atoms with van der Waals surface area (Å²) >= 11 is 6.12. The number of benzene rings is 2. The highest BCUT2D eigenvalue weighted by Crippen LogP contribution is 2.22. The fourth-order valence-electron chi connectivity index (χ4n) is 2.20. The summed E-state index contributed by atoms with van der Waals surface area (Å²) in [5.74, 6) is 0. The van der Waals surface area contributed by atoms with Gasteiger partial charge < -0.3 is 5.32 Å². The zero-order chi connectivity index (χ0) is 15.9. The van der Waals surface area contributed by atoms with Gasteiger partial charge in [-0.25, -0.2) is 0 Å². The predicted octanol–water partition coefficient (Wildman–Crippen LogP) is 4.80. The van der Waals surface area contributed by atoms with Crippen LogP contribution in [0.15, 0.2) is 66.3 Å². The molecule has 0 spiro atoms. The van der Waals surface area contributed by atoms with Crippen LogP contribution in [0.3, 0.4) is 0 Å². The minimum Gasteiger partial charge on any atom is -0.388 e. The summed E-state index contributed by atoms with van der Waals surface area (Å²) in [5, 5.41) is 10.5. The lowest BCUT2D eigenvalue weighted by Gasteiger charge is -2.19. The number of para-hydroxylation sites is 1. The standard InChI is InChI=1S/C18H20ClN3/c1-4-12-22(16-8-6-5-7-9-16)21-14(2)17-13-15(19)10-11-18(17)20-3/h4-11,13,20H,1,12H2,2-3H3/b21-14-. The Hall–Kier alpha value is -2.26. The lowest BCUT2D eigenvalue weighted by Crippen LogP contribution is -2.18. The molecule has 0 aliphatic rings. The Morgan fingerprint density at radius 1 is 1.27 bits per heavy atom. The largest absolute Gasteiger partial charge is 0.388 e. The molecule has 0 aromatic heterocycles. The van der Waals surface area contributed by atoms with Crippen molar-refractivity contribution in [1.82, 2.24) is 0 Å². The van der Waals surface area contributed by atoms with Crippen molar-refractivity contribution in [3.8, 4) is 0 Å². The third kappa shape index (κ3) is 3.89. The fourth-order valence-corrected chi connectivity index (χ4v) is 2.37.